The van der Waals surface area contributed by atoms with Crippen molar-refractivity contribution in [3.63, 3.8) is 0 Å². The molecule has 1 nitrogen and oxygen atoms in total. The molecule has 0 aliphatic heterocycles. The molecule has 0 aromatic heterocycles. The summed E-state index contributed by atoms with van der Waals surface area (Å²) in [6.45, 7) is 0. The lowest BCUT2D eigenvalue weighted by Crippen LogP contribution is -2.06. The van der Waals surface area contributed by atoms with E-state index in [-0.39, 0.29) is 10.4 Å². The lowest BCUT2D eigenvalue weighted by Gasteiger charge is -2.15. The molecule has 0 spiro atoms. The van der Waals surface area contributed by atoms with Crippen LogP contribution in [-0.2, 0) is 10.5 Å². The van der Waals surface area contributed by atoms with E-state index in [1.807, 2.05) is 66.7 Å². The molecule has 0 N–H and O–H groups in total. The molecule has 0 saturated heterocycles. The highest BCUT2D eigenvalue weighted by Gasteiger charge is 2.22. The van der Waals surface area contributed by atoms with E-state index in [1.54, 1.807) is 11.8 Å². The maximum Gasteiger partial charge on any atom is 0.207 e. The number of benzene rings is 3. The lowest BCUT2D eigenvalue weighted by atomic mass is 10.2. The Bertz CT molecular complexity index is 758. The van der Waals surface area contributed by atoms with Gasteiger partial charge in [0.2, 0.25) is 5.12 Å². The van der Waals surface area contributed by atoms with Gasteiger partial charge in [-0.1, -0.05) is 90.6 Å². The van der Waals surface area contributed by atoms with E-state index in [2.05, 4.69) is 24.3 Å². The van der Waals surface area contributed by atoms with Crippen LogP contribution in [0.4, 0.5) is 0 Å². The molecule has 24 heavy (non-hydrogen) atoms. The molecule has 3 aromatic carbocycles. The SMILES string of the molecule is O=C(SCc1ccccc1)C(Sc1ccccc1)c1ccccc1. The van der Waals surface area contributed by atoms with Gasteiger partial charge in [0.15, 0.2) is 0 Å². The Morgan fingerprint density at radius 1 is 0.750 bits per heavy atom. The third kappa shape index (κ3) is 4.76. The lowest BCUT2D eigenvalue weighted by molar-refractivity contribution is -0.110. The molecule has 1 atom stereocenters. The Balaban J connectivity index is 1.75. The molecule has 120 valence electrons. The quantitative estimate of drug-likeness (QED) is 0.509. The maximum atomic E-state index is 12.9. The summed E-state index contributed by atoms with van der Waals surface area (Å²) in [6, 6.07) is 30.3. The number of hydrogen-bond donors (Lipinski definition) is 0. The van der Waals surface area contributed by atoms with Gasteiger partial charge in [-0.25, -0.2) is 0 Å². The molecule has 3 rings (SSSR count). The van der Waals surface area contributed by atoms with Crippen LogP contribution >= 0.6 is 23.5 Å². The number of thioether (sulfide) groups is 2. The van der Waals surface area contributed by atoms with Gasteiger partial charge in [-0.3, -0.25) is 4.79 Å². The second-order valence-corrected chi connectivity index (χ2v) is 7.47. The van der Waals surface area contributed by atoms with Gasteiger partial charge in [-0.15, -0.1) is 11.8 Å². The molecule has 0 saturated carbocycles. The third-order valence-electron chi connectivity index (χ3n) is 3.54. The molecule has 0 amide bonds. The minimum Gasteiger partial charge on any atom is -0.286 e. The zero-order chi connectivity index (χ0) is 16.6. The van der Waals surface area contributed by atoms with Crippen molar-refractivity contribution in [1.82, 2.24) is 0 Å². The molecule has 0 aliphatic carbocycles. The molecule has 3 heteroatoms. The minimum atomic E-state index is -0.192. The molecular formula is C21H18OS2. The standard InChI is InChI=1S/C21H18OS2/c22-21(23-16-17-10-4-1-5-11-17)20(18-12-6-2-7-13-18)24-19-14-8-3-9-15-19/h1-15,20H,16H2. The van der Waals surface area contributed by atoms with Gasteiger partial charge in [0, 0.05) is 10.6 Å². The van der Waals surface area contributed by atoms with Crippen LogP contribution in [0.3, 0.4) is 0 Å². The van der Waals surface area contributed by atoms with Gasteiger partial charge in [-0.05, 0) is 23.3 Å². The Morgan fingerprint density at radius 2 is 1.29 bits per heavy atom. The fraction of sp³-hybridized carbons (Fsp3) is 0.0952. The average Bonchev–Trinajstić information content (AvgIpc) is 2.66. The summed E-state index contributed by atoms with van der Waals surface area (Å²) in [5.74, 6) is 0.707. The predicted octanol–water partition coefficient (Wildman–Crippen LogP) is 5.98. The molecule has 0 fully saturated rings. The van der Waals surface area contributed by atoms with Crippen molar-refractivity contribution >= 4 is 28.6 Å². The summed E-state index contributed by atoms with van der Waals surface area (Å²) in [5, 5.41) is 0.00113. The highest BCUT2D eigenvalue weighted by atomic mass is 32.2. The first-order chi connectivity index (χ1) is 11.8. The van der Waals surface area contributed by atoms with Crippen molar-refractivity contribution in [2.45, 2.75) is 15.9 Å². The molecule has 3 aromatic rings. The smallest absolute Gasteiger partial charge is 0.207 e. The first-order valence-corrected chi connectivity index (χ1v) is 9.66. The zero-order valence-electron chi connectivity index (χ0n) is 13.2. The Hall–Kier alpha value is -1.97. The van der Waals surface area contributed by atoms with Crippen LogP contribution in [-0.4, -0.2) is 5.12 Å². The zero-order valence-corrected chi connectivity index (χ0v) is 14.8. The van der Waals surface area contributed by atoms with Crippen LogP contribution in [0.5, 0.6) is 0 Å². The normalized spacial score (nSPS) is 11.8. The van der Waals surface area contributed by atoms with Crippen molar-refractivity contribution in [3.8, 4) is 0 Å². The van der Waals surface area contributed by atoms with Crippen molar-refractivity contribution < 1.29 is 4.79 Å². The van der Waals surface area contributed by atoms with E-state index in [0.717, 1.165) is 10.5 Å². The summed E-state index contributed by atoms with van der Waals surface area (Å²) in [7, 11) is 0. The van der Waals surface area contributed by atoms with Crippen molar-refractivity contribution in [1.29, 1.82) is 0 Å². The fourth-order valence-electron chi connectivity index (χ4n) is 2.32. The minimum absolute atomic E-state index is 0.192. The Morgan fingerprint density at radius 3 is 1.92 bits per heavy atom. The monoisotopic (exact) mass is 350 g/mol. The molecule has 0 radical (unpaired) electrons. The average molecular weight is 351 g/mol. The van der Waals surface area contributed by atoms with Gasteiger partial charge in [-0.2, -0.15) is 0 Å². The van der Waals surface area contributed by atoms with Gasteiger partial charge >= 0.3 is 0 Å². The Labute approximate surface area is 151 Å². The van der Waals surface area contributed by atoms with E-state index in [4.69, 9.17) is 0 Å². The van der Waals surface area contributed by atoms with Crippen molar-refractivity contribution in [3.05, 3.63) is 102 Å². The number of carbonyl (C=O) groups excluding carboxylic acids is 1. The summed E-state index contributed by atoms with van der Waals surface area (Å²) in [5.41, 5.74) is 2.23. The summed E-state index contributed by atoms with van der Waals surface area (Å²) in [6.07, 6.45) is 0. The van der Waals surface area contributed by atoms with E-state index < -0.39 is 0 Å². The first-order valence-electron chi connectivity index (χ1n) is 7.80. The van der Waals surface area contributed by atoms with E-state index in [9.17, 15) is 4.79 Å². The van der Waals surface area contributed by atoms with Crippen LogP contribution in [0.2, 0.25) is 0 Å². The van der Waals surface area contributed by atoms with Crippen LogP contribution in [0, 0.1) is 0 Å². The second-order valence-electron chi connectivity index (χ2n) is 5.31. The van der Waals surface area contributed by atoms with E-state index in [1.165, 1.54) is 17.3 Å². The van der Waals surface area contributed by atoms with Crippen LogP contribution in [0.25, 0.3) is 0 Å². The molecule has 0 aliphatic rings. The Kier molecular flexibility index (Phi) is 6.16. The highest BCUT2D eigenvalue weighted by molar-refractivity contribution is 8.15. The summed E-state index contributed by atoms with van der Waals surface area (Å²) < 4.78 is 0. The van der Waals surface area contributed by atoms with E-state index >= 15 is 0 Å². The summed E-state index contributed by atoms with van der Waals surface area (Å²) in [4.78, 5) is 14.0. The van der Waals surface area contributed by atoms with Crippen molar-refractivity contribution in [2.24, 2.45) is 0 Å². The van der Waals surface area contributed by atoms with Gasteiger partial charge in [0.1, 0.15) is 5.25 Å². The molecular weight excluding hydrogens is 332 g/mol. The first kappa shape index (κ1) is 16.9. The van der Waals surface area contributed by atoms with Crippen LogP contribution in [0.1, 0.15) is 16.4 Å². The third-order valence-corrected chi connectivity index (χ3v) is 5.95. The maximum absolute atomic E-state index is 12.9. The van der Waals surface area contributed by atoms with E-state index in [0.29, 0.717) is 5.75 Å². The van der Waals surface area contributed by atoms with Crippen LogP contribution < -0.4 is 0 Å². The topological polar surface area (TPSA) is 17.1 Å². The van der Waals surface area contributed by atoms with Gasteiger partial charge < -0.3 is 0 Å². The van der Waals surface area contributed by atoms with Crippen molar-refractivity contribution in [2.75, 3.05) is 0 Å². The number of carbonyl (C=O) groups is 1. The highest BCUT2D eigenvalue weighted by Crippen LogP contribution is 2.39. The molecule has 0 heterocycles. The summed E-state index contributed by atoms with van der Waals surface area (Å²) >= 11 is 3.01. The van der Waals surface area contributed by atoms with Gasteiger partial charge in [0.25, 0.3) is 0 Å². The second kappa shape index (κ2) is 8.76. The molecule has 0 bridgehead atoms. The van der Waals surface area contributed by atoms with Crippen LogP contribution in [0.15, 0.2) is 95.9 Å². The number of hydrogen-bond acceptors (Lipinski definition) is 3. The van der Waals surface area contributed by atoms with Gasteiger partial charge in [0.05, 0.1) is 0 Å². The fourth-order valence-corrected chi connectivity index (χ4v) is 4.43. The number of rotatable bonds is 6. The largest absolute Gasteiger partial charge is 0.286 e. The predicted molar refractivity (Wildman–Crippen MR) is 104 cm³/mol. The molecule has 1 unspecified atom stereocenters.